The summed E-state index contributed by atoms with van der Waals surface area (Å²) >= 11 is 0. The highest BCUT2D eigenvalue weighted by Crippen LogP contribution is 2.38. The molecule has 10 heteroatoms. The van der Waals surface area contributed by atoms with Crippen LogP contribution in [0, 0.1) is 0 Å². The predicted molar refractivity (Wildman–Crippen MR) is 231 cm³/mol. The SMILES string of the molecule is CCCCC/C=C\C/C=C\C/C=C\CCCCC(=O)O[C@H](COC(=O)CCCCCCCCCCCCCCCCCCC)COP(=O)([O-])OCC[N+](C)(C)C. The molecule has 0 aromatic heterocycles. The minimum Gasteiger partial charge on any atom is -0.756 e. The second-order valence-electron chi connectivity index (χ2n) is 16.4. The van der Waals surface area contributed by atoms with Gasteiger partial charge < -0.3 is 27.9 Å². The van der Waals surface area contributed by atoms with Crippen molar-refractivity contribution in [2.75, 3.05) is 47.5 Å². The van der Waals surface area contributed by atoms with Gasteiger partial charge in [0.2, 0.25) is 0 Å². The Labute approximate surface area is 344 Å². The molecule has 0 N–H and O–H groups in total. The maximum absolute atomic E-state index is 12.7. The molecule has 2 atom stereocenters. The summed E-state index contributed by atoms with van der Waals surface area (Å²) in [5.41, 5.74) is 0. The first-order valence-corrected chi connectivity index (χ1v) is 24.2. The Hall–Kier alpha value is -1.77. The first-order valence-electron chi connectivity index (χ1n) is 22.7. The van der Waals surface area contributed by atoms with Crippen molar-refractivity contribution < 1.29 is 42.1 Å². The zero-order valence-electron chi connectivity index (χ0n) is 36.8. The number of allylic oxidation sites excluding steroid dienone is 6. The van der Waals surface area contributed by atoms with Gasteiger partial charge in [-0.25, -0.2) is 0 Å². The van der Waals surface area contributed by atoms with Crippen LogP contribution in [-0.4, -0.2) is 70.0 Å². The Morgan fingerprint density at radius 3 is 1.46 bits per heavy atom. The van der Waals surface area contributed by atoms with Crippen molar-refractivity contribution >= 4 is 19.8 Å². The Morgan fingerprint density at radius 2 is 0.964 bits per heavy atom. The van der Waals surface area contributed by atoms with Crippen LogP contribution in [0.1, 0.15) is 194 Å². The van der Waals surface area contributed by atoms with Crippen molar-refractivity contribution in [3.8, 4) is 0 Å². The molecule has 328 valence electrons. The highest BCUT2D eigenvalue weighted by molar-refractivity contribution is 7.45. The first kappa shape index (κ1) is 54.2. The van der Waals surface area contributed by atoms with Gasteiger partial charge in [0.25, 0.3) is 7.82 Å². The van der Waals surface area contributed by atoms with Crippen molar-refractivity contribution in [3.05, 3.63) is 36.5 Å². The average Bonchev–Trinajstić information content (AvgIpc) is 3.15. The summed E-state index contributed by atoms with van der Waals surface area (Å²) in [6.07, 6.45) is 43.1. The van der Waals surface area contributed by atoms with E-state index in [0.717, 1.165) is 51.4 Å². The molecule has 0 rings (SSSR count). The number of likely N-dealkylation sites (N-methyl/N-ethyl adjacent to an activating group) is 1. The van der Waals surface area contributed by atoms with Gasteiger partial charge in [0, 0.05) is 12.8 Å². The molecular formula is C46H86NO8P. The number of rotatable bonds is 41. The van der Waals surface area contributed by atoms with Gasteiger partial charge in [-0.05, 0) is 51.4 Å². The fraction of sp³-hybridized carbons (Fsp3) is 0.826. The lowest BCUT2D eigenvalue weighted by atomic mass is 10.0. The van der Waals surface area contributed by atoms with Crippen LogP contribution >= 0.6 is 7.82 Å². The molecule has 9 nitrogen and oxygen atoms in total. The van der Waals surface area contributed by atoms with Gasteiger partial charge in [0.1, 0.15) is 19.8 Å². The molecule has 0 aromatic carbocycles. The van der Waals surface area contributed by atoms with E-state index in [4.69, 9.17) is 18.5 Å². The van der Waals surface area contributed by atoms with Crippen LogP contribution in [0.15, 0.2) is 36.5 Å². The minimum absolute atomic E-state index is 0.0374. The number of esters is 2. The van der Waals surface area contributed by atoms with E-state index < -0.39 is 32.5 Å². The number of phosphoric acid groups is 1. The number of unbranched alkanes of at least 4 members (excludes halogenated alkanes) is 21. The fourth-order valence-electron chi connectivity index (χ4n) is 6.07. The number of phosphoric ester groups is 1. The Kier molecular flexibility index (Phi) is 37.5. The number of hydrogen-bond donors (Lipinski definition) is 0. The van der Waals surface area contributed by atoms with Crippen LogP contribution < -0.4 is 4.89 Å². The first-order chi connectivity index (χ1) is 27.0. The molecule has 0 aromatic rings. The lowest BCUT2D eigenvalue weighted by Crippen LogP contribution is -2.37. The molecule has 0 heterocycles. The summed E-state index contributed by atoms with van der Waals surface area (Å²) in [4.78, 5) is 37.5. The van der Waals surface area contributed by atoms with Crippen molar-refractivity contribution in [3.63, 3.8) is 0 Å². The standard InChI is InChI=1S/C46H86NO8P/c1-6-8-10-12-14-16-18-20-22-23-25-26-28-30-32-34-36-38-45(48)52-42-44(43-54-56(50,51)53-41-40-47(3,4)5)55-46(49)39-37-35-33-31-29-27-24-21-19-17-15-13-11-9-7-2/h15,17,21,24,29,31,44H,6-14,16,18-20,22-23,25-28,30,32-43H2,1-5H3/b17-15-,24-21-,31-29-/t44-/m1/s1. The molecule has 0 radical (unpaired) electrons. The van der Waals surface area contributed by atoms with Crippen LogP contribution in [0.5, 0.6) is 0 Å². The maximum atomic E-state index is 12.7. The van der Waals surface area contributed by atoms with E-state index in [-0.39, 0.29) is 26.1 Å². The largest absolute Gasteiger partial charge is 0.756 e. The molecule has 0 aliphatic heterocycles. The number of nitrogens with zero attached hydrogens (tertiary/aromatic N) is 1. The third kappa shape index (κ3) is 41.9. The summed E-state index contributed by atoms with van der Waals surface area (Å²) in [5.74, 6) is -0.874. The fourth-order valence-corrected chi connectivity index (χ4v) is 6.80. The monoisotopic (exact) mass is 812 g/mol. The number of carbonyl (C=O) groups is 2. The summed E-state index contributed by atoms with van der Waals surface area (Å²) in [7, 11) is 1.14. The summed E-state index contributed by atoms with van der Waals surface area (Å²) in [6.45, 7) is 4.17. The average molecular weight is 812 g/mol. The van der Waals surface area contributed by atoms with E-state index in [2.05, 4.69) is 50.3 Å². The third-order valence-corrected chi connectivity index (χ3v) is 10.6. The van der Waals surface area contributed by atoms with Crippen molar-refractivity contribution in [2.24, 2.45) is 0 Å². The van der Waals surface area contributed by atoms with Crippen molar-refractivity contribution in [1.29, 1.82) is 0 Å². The highest BCUT2D eigenvalue weighted by Gasteiger charge is 2.21. The maximum Gasteiger partial charge on any atom is 0.306 e. The van der Waals surface area contributed by atoms with Crippen LogP contribution in [0.3, 0.4) is 0 Å². The van der Waals surface area contributed by atoms with Gasteiger partial charge in [-0.15, -0.1) is 0 Å². The molecular weight excluding hydrogens is 725 g/mol. The van der Waals surface area contributed by atoms with Gasteiger partial charge in [0.15, 0.2) is 6.10 Å². The van der Waals surface area contributed by atoms with Crippen molar-refractivity contribution in [1.82, 2.24) is 0 Å². The Balaban J connectivity index is 4.37. The van der Waals surface area contributed by atoms with Gasteiger partial charge in [0.05, 0.1) is 27.7 Å². The molecule has 0 bridgehead atoms. The number of ether oxygens (including phenoxy) is 2. The summed E-state index contributed by atoms with van der Waals surface area (Å²) < 4.78 is 33.9. The van der Waals surface area contributed by atoms with Gasteiger partial charge in [-0.1, -0.05) is 166 Å². The number of carbonyl (C=O) groups excluding carboxylic acids is 2. The molecule has 0 aliphatic rings. The van der Waals surface area contributed by atoms with Crippen LogP contribution in [0.2, 0.25) is 0 Å². The van der Waals surface area contributed by atoms with E-state index in [9.17, 15) is 19.0 Å². The van der Waals surface area contributed by atoms with Gasteiger partial charge in [-0.2, -0.15) is 0 Å². The zero-order valence-corrected chi connectivity index (χ0v) is 37.7. The third-order valence-electron chi connectivity index (χ3n) is 9.66. The Morgan fingerprint density at radius 1 is 0.554 bits per heavy atom. The molecule has 0 fully saturated rings. The van der Waals surface area contributed by atoms with Gasteiger partial charge >= 0.3 is 11.9 Å². The van der Waals surface area contributed by atoms with Crippen LogP contribution in [0.4, 0.5) is 0 Å². The van der Waals surface area contributed by atoms with E-state index in [0.29, 0.717) is 17.4 Å². The lowest BCUT2D eigenvalue weighted by molar-refractivity contribution is -0.870. The molecule has 0 amide bonds. The van der Waals surface area contributed by atoms with Crippen LogP contribution in [-0.2, 0) is 32.7 Å². The zero-order chi connectivity index (χ0) is 41.4. The molecule has 1 unspecified atom stereocenters. The number of hydrogen-bond acceptors (Lipinski definition) is 8. The second kappa shape index (κ2) is 38.7. The van der Waals surface area contributed by atoms with Gasteiger partial charge in [-0.3, -0.25) is 14.2 Å². The van der Waals surface area contributed by atoms with E-state index >= 15 is 0 Å². The van der Waals surface area contributed by atoms with Crippen molar-refractivity contribution in [2.45, 2.75) is 200 Å². The molecule has 0 saturated carbocycles. The minimum atomic E-state index is -4.63. The smallest absolute Gasteiger partial charge is 0.306 e. The lowest BCUT2D eigenvalue weighted by Gasteiger charge is -2.28. The van der Waals surface area contributed by atoms with E-state index in [1.165, 1.54) is 109 Å². The molecule has 0 saturated heterocycles. The second-order valence-corrected chi connectivity index (χ2v) is 17.8. The number of quaternary nitrogens is 1. The van der Waals surface area contributed by atoms with E-state index in [1.807, 2.05) is 21.1 Å². The topological polar surface area (TPSA) is 111 Å². The van der Waals surface area contributed by atoms with Crippen LogP contribution in [0.25, 0.3) is 0 Å². The molecule has 0 spiro atoms. The highest BCUT2D eigenvalue weighted by atomic mass is 31.2. The molecule has 0 aliphatic carbocycles. The quantitative estimate of drug-likeness (QED) is 0.0197. The normalized spacial score (nSPS) is 13.9. The molecule has 56 heavy (non-hydrogen) atoms. The van der Waals surface area contributed by atoms with E-state index in [1.54, 1.807) is 0 Å². The predicted octanol–water partition coefficient (Wildman–Crippen LogP) is 12.3. The summed E-state index contributed by atoms with van der Waals surface area (Å²) in [5, 5.41) is 0. The summed E-state index contributed by atoms with van der Waals surface area (Å²) in [6, 6.07) is 0. The Bertz CT molecular complexity index is 1050.